The molecule has 0 atom stereocenters. The number of rotatable bonds is 0. The minimum Gasteiger partial charge on any atom is -0.508 e. The molecule has 0 fully saturated rings. The highest BCUT2D eigenvalue weighted by molar-refractivity contribution is 6.18. The summed E-state index contributed by atoms with van der Waals surface area (Å²) in [5.74, 6) is 0.477. The molecule has 0 saturated carbocycles. The molecule has 2 N–H and O–H groups in total. The van der Waals surface area contributed by atoms with Gasteiger partial charge in [0.05, 0.1) is 0 Å². The summed E-state index contributed by atoms with van der Waals surface area (Å²) in [6.07, 6.45) is 0. The first kappa shape index (κ1) is 15.7. The van der Waals surface area contributed by atoms with Gasteiger partial charge in [-0.05, 0) is 82.2 Å². The number of benzene rings is 5. The first-order valence-corrected chi connectivity index (χ1v) is 9.70. The van der Waals surface area contributed by atoms with Crippen molar-refractivity contribution < 1.29 is 19.0 Å². The van der Waals surface area contributed by atoms with Gasteiger partial charge in [0.25, 0.3) is 0 Å². The van der Waals surface area contributed by atoms with Gasteiger partial charge in [-0.3, -0.25) is 0 Å². The lowest BCUT2D eigenvalue weighted by Crippen LogP contribution is -1.74. The maximum atomic E-state index is 9.78. The van der Waals surface area contributed by atoms with Gasteiger partial charge in [-0.15, -0.1) is 0 Å². The Balaban J connectivity index is 1.58. The van der Waals surface area contributed by atoms with Crippen LogP contribution >= 0.6 is 0 Å². The average Bonchev–Trinajstić information content (AvgIpc) is 3.25. The molecule has 0 amide bonds. The number of hydrogen-bond acceptors (Lipinski definition) is 4. The van der Waals surface area contributed by atoms with Crippen molar-refractivity contribution in [1.82, 2.24) is 0 Å². The van der Waals surface area contributed by atoms with Gasteiger partial charge in [0.2, 0.25) is 0 Å². The Labute approximate surface area is 169 Å². The molecule has 5 aromatic carbocycles. The van der Waals surface area contributed by atoms with E-state index in [0.717, 1.165) is 65.4 Å². The summed E-state index contributed by atoms with van der Waals surface area (Å²) in [5, 5.41) is 27.5. The molecule has 4 heteroatoms. The molecule has 30 heavy (non-hydrogen) atoms. The van der Waals surface area contributed by atoms with Crippen molar-refractivity contribution in [2.24, 2.45) is 0 Å². The van der Waals surface area contributed by atoms with Crippen LogP contribution in [0.1, 0.15) is 0 Å². The molecule has 0 aliphatic heterocycles. The molecule has 7 rings (SSSR count). The van der Waals surface area contributed by atoms with E-state index in [-0.39, 0.29) is 11.5 Å². The molecule has 4 nitrogen and oxygen atoms in total. The van der Waals surface area contributed by atoms with Crippen molar-refractivity contribution in [1.29, 1.82) is 0 Å². The first-order chi connectivity index (χ1) is 14.6. The lowest BCUT2D eigenvalue weighted by Gasteiger charge is -1.99. The fraction of sp³-hybridized carbons (Fsp3) is 0. The number of aromatic hydroxyl groups is 2. The number of fused-ring (bicyclic) bond motifs is 8. The van der Waals surface area contributed by atoms with Crippen LogP contribution in [-0.2, 0) is 0 Å². The lowest BCUT2D eigenvalue weighted by molar-refractivity contribution is 0.475. The Morgan fingerprint density at radius 2 is 0.800 bits per heavy atom. The van der Waals surface area contributed by atoms with Gasteiger partial charge in [-0.1, -0.05) is 12.1 Å². The van der Waals surface area contributed by atoms with E-state index in [4.69, 9.17) is 8.83 Å². The molecule has 0 aliphatic carbocycles. The number of hydrogen-bond donors (Lipinski definition) is 2. The Kier molecular flexibility index (Phi) is 2.75. The number of phenols is 2. The van der Waals surface area contributed by atoms with E-state index in [1.807, 2.05) is 36.4 Å². The van der Waals surface area contributed by atoms with Crippen LogP contribution in [0.4, 0.5) is 0 Å². The monoisotopic (exact) mass is 390 g/mol. The standard InChI is InChI=1S/C26H14O4/c27-17-3-1-13-7-19-21-11-26-22(12-25(21)29-23(19)9-15(13)5-17)20-8-14-2-4-18(28)6-16(14)10-24(20)30-26/h1-12,27-28H. The molecular weight excluding hydrogens is 376 g/mol. The van der Waals surface area contributed by atoms with E-state index in [2.05, 4.69) is 12.1 Å². The van der Waals surface area contributed by atoms with E-state index in [9.17, 15) is 10.2 Å². The third-order valence-electron chi connectivity index (χ3n) is 5.95. The van der Waals surface area contributed by atoms with Crippen LogP contribution in [-0.4, -0.2) is 10.2 Å². The molecule has 0 aliphatic rings. The van der Waals surface area contributed by atoms with Crippen molar-refractivity contribution in [3.05, 3.63) is 72.8 Å². The summed E-state index contributed by atoms with van der Waals surface area (Å²) in [7, 11) is 0. The van der Waals surface area contributed by atoms with Gasteiger partial charge < -0.3 is 19.0 Å². The largest absolute Gasteiger partial charge is 0.508 e. The molecular formula is C26H14O4. The quantitative estimate of drug-likeness (QED) is 0.287. The zero-order valence-electron chi connectivity index (χ0n) is 15.6. The second-order valence-electron chi connectivity index (χ2n) is 7.81. The predicted molar refractivity (Wildman–Crippen MR) is 119 cm³/mol. The summed E-state index contributed by atoms with van der Waals surface area (Å²) < 4.78 is 12.3. The minimum absolute atomic E-state index is 0.238. The van der Waals surface area contributed by atoms with E-state index >= 15 is 0 Å². The van der Waals surface area contributed by atoms with Crippen molar-refractivity contribution in [3.8, 4) is 11.5 Å². The maximum absolute atomic E-state index is 9.78. The zero-order valence-corrected chi connectivity index (χ0v) is 15.6. The lowest BCUT2D eigenvalue weighted by atomic mass is 10.0. The SMILES string of the molecule is Oc1ccc2cc3c(cc2c1)oc1cc2c(cc13)oc1cc3cc(O)ccc3cc12. The molecule has 0 bridgehead atoms. The van der Waals surface area contributed by atoms with Gasteiger partial charge in [-0.2, -0.15) is 0 Å². The van der Waals surface area contributed by atoms with Crippen molar-refractivity contribution >= 4 is 65.4 Å². The molecule has 7 aromatic rings. The van der Waals surface area contributed by atoms with Crippen molar-refractivity contribution in [3.63, 3.8) is 0 Å². The van der Waals surface area contributed by atoms with Crippen LogP contribution in [0.3, 0.4) is 0 Å². The molecule has 142 valence electrons. The van der Waals surface area contributed by atoms with Crippen LogP contribution in [0.25, 0.3) is 65.4 Å². The van der Waals surface area contributed by atoms with Crippen LogP contribution < -0.4 is 0 Å². The topological polar surface area (TPSA) is 66.7 Å². The van der Waals surface area contributed by atoms with Gasteiger partial charge in [-0.25, -0.2) is 0 Å². The van der Waals surface area contributed by atoms with Crippen molar-refractivity contribution in [2.75, 3.05) is 0 Å². The van der Waals surface area contributed by atoms with Gasteiger partial charge >= 0.3 is 0 Å². The molecule has 0 spiro atoms. The van der Waals surface area contributed by atoms with Crippen molar-refractivity contribution in [2.45, 2.75) is 0 Å². The first-order valence-electron chi connectivity index (χ1n) is 9.70. The highest BCUT2D eigenvalue weighted by Gasteiger charge is 2.15. The fourth-order valence-electron chi connectivity index (χ4n) is 4.50. The zero-order chi connectivity index (χ0) is 20.0. The fourth-order valence-corrected chi connectivity index (χ4v) is 4.50. The summed E-state index contributed by atoms with van der Waals surface area (Å²) in [6.45, 7) is 0. The molecule has 2 heterocycles. The Morgan fingerprint density at radius 3 is 1.27 bits per heavy atom. The molecule has 0 radical (unpaired) electrons. The van der Waals surface area contributed by atoms with E-state index in [0.29, 0.717) is 0 Å². The van der Waals surface area contributed by atoms with E-state index in [1.165, 1.54) is 0 Å². The van der Waals surface area contributed by atoms with Gasteiger partial charge in [0.15, 0.2) is 0 Å². The Morgan fingerprint density at radius 1 is 0.400 bits per heavy atom. The Bertz CT molecular complexity index is 1680. The second kappa shape index (κ2) is 5.24. The van der Waals surface area contributed by atoms with Gasteiger partial charge in [0.1, 0.15) is 33.8 Å². The highest BCUT2D eigenvalue weighted by atomic mass is 16.3. The normalized spacial score (nSPS) is 12.3. The predicted octanol–water partition coefficient (Wildman–Crippen LogP) is 7.20. The molecule has 2 aromatic heterocycles. The number of furan rings is 2. The third kappa shape index (κ3) is 2.05. The van der Waals surface area contributed by atoms with Crippen LogP contribution in [0.15, 0.2) is 81.6 Å². The minimum atomic E-state index is 0.238. The van der Waals surface area contributed by atoms with Gasteiger partial charge in [0, 0.05) is 21.5 Å². The summed E-state index contributed by atoms with van der Waals surface area (Å²) in [4.78, 5) is 0. The van der Waals surface area contributed by atoms with E-state index in [1.54, 1.807) is 24.3 Å². The van der Waals surface area contributed by atoms with Crippen LogP contribution in [0, 0.1) is 0 Å². The summed E-state index contributed by atoms with van der Waals surface area (Å²) in [5.41, 5.74) is 3.15. The number of phenolic OH excluding ortho intramolecular Hbond substituents is 2. The second-order valence-corrected chi connectivity index (χ2v) is 7.81. The maximum Gasteiger partial charge on any atom is 0.136 e. The molecule has 0 saturated heterocycles. The third-order valence-corrected chi connectivity index (χ3v) is 5.95. The highest BCUT2D eigenvalue weighted by Crippen LogP contribution is 2.39. The average molecular weight is 390 g/mol. The van der Waals surface area contributed by atoms with E-state index < -0.39 is 0 Å². The Hall–Kier alpha value is -4.18. The molecule has 0 unspecified atom stereocenters. The summed E-state index contributed by atoms with van der Waals surface area (Å²) in [6, 6.07) is 22.8. The summed E-state index contributed by atoms with van der Waals surface area (Å²) >= 11 is 0. The smallest absolute Gasteiger partial charge is 0.136 e. The van der Waals surface area contributed by atoms with Crippen LogP contribution in [0.5, 0.6) is 11.5 Å². The van der Waals surface area contributed by atoms with Crippen LogP contribution in [0.2, 0.25) is 0 Å².